The fraction of sp³-hybridized carbons (Fsp3) is 0. The highest BCUT2D eigenvalue weighted by Crippen LogP contribution is 2.34. The monoisotopic (exact) mass is 230 g/mol. The molecule has 0 fully saturated rings. The molecule has 5 heteroatoms. The van der Waals surface area contributed by atoms with Crippen LogP contribution in [0.25, 0.3) is 10.6 Å². The summed E-state index contributed by atoms with van der Waals surface area (Å²) >= 11 is 13.3. The van der Waals surface area contributed by atoms with E-state index in [1.54, 1.807) is 12.4 Å². The molecule has 2 rings (SSSR count). The van der Waals surface area contributed by atoms with E-state index in [1.165, 1.54) is 11.3 Å². The molecule has 0 saturated heterocycles. The van der Waals surface area contributed by atoms with Crippen molar-refractivity contribution in [2.45, 2.75) is 0 Å². The van der Waals surface area contributed by atoms with Crippen molar-refractivity contribution >= 4 is 34.5 Å². The summed E-state index contributed by atoms with van der Waals surface area (Å²) in [6, 6.07) is 1.81. The smallest absolute Gasteiger partial charge is 0.156 e. The number of aromatic nitrogens is 2. The van der Waals surface area contributed by atoms with Crippen LogP contribution in [0, 0.1) is 0 Å². The van der Waals surface area contributed by atoms with Crippen LogP contribution < -0.4 is 0 Å². The second-order valence-corrected chi connectivity index (χ2v) is 3.97. The van der Waals surface area contributed by atoms with Gasteiger partial charge in [0.2, 0.25) is 0 Å². The first-order valence-corrected chi connectivity index (χ1v) is 5.12. The van der Waals surface area contributed by atoms with Crippen LogP contribution in [0.1, 0.15) is 0 Å². The maximum Gasteiger partial charge on any atom is 0.156 e. The lowest BCUT2D eigenvalue weighted by Crippen LogP contribution is -1.84. The molecule has 0 aliphatic rings. The predicted octanol–water partition coefficient (Wildman–Crippen LogP) is 3.51. The molecule has 13 heavy (non-hydrogen) atoms. The summed E-state index contributed by atoms with van der Waals surface area (Å²) in [4.78, 5) is 8.90. The first-order chi connectivity index (χ1) is 6.29. The van der Waals surface area contributed by atoms with Gasteiger partial charge >= 0.3 is 0 Å². The summed E-state index contributed by atoms with van der Waals surface area (Å²) in [5.41, 5.74) is 0.643. The van der Waals surface area contributed by atoms with Crippen molar-refractivity contribution < 1.29 is 0 Å². The zero-order chi connectivity index (χ0) is 9.26. The first kappa shape index (κ1) is 8.94. The largest absolute Gasteiger partial charge is 0.250 e. The Labute approximate surface area is 89.2 Å². The minimum atomic E-state index is 0.381. The van der Waals surface area contributed by atoms with Gasteiger partial charge in [0.05, 0.1) is 9.90 Å². The average Bonchev–Trinajstić information content (AvgIpc) is 2.52. The van der Waals surface area contributed by atoms with Gasteiger partial charge in [0.15, 0.2) is 5.15 Å². The lowest BCUT2D eigenvalue weighted by atomic mass is 10.3. The van der Waals surface area contributed by atoms with Gasteiger partial charge in [0, 0.05) is 12.4 Å². The van der Waals surface area contributed by atoms with E-state index in [4.69, 9.17) is 23.2 Å². The summed E-state index contributed by atoms with van der Waals surface area (Å²) in [7, 11) is 0. The minimum Gasteiger partial charge on any atom is -0.250 e. The van der Waals surface area contributed by atoms with Gasteiger partial charge < -0.3 is 0 Å². The van der Waals surface area contributed by atoms with Gasteiger partial charge in [-0.25, -0.2) is 4.98 Å². The summed E-state index contributed by atoms with van der Waals surface area (Å²) in [6.45, 7) is 0. The highest BCUT2D eigenvalue weighted by atomic mass is 35.5. The van der Waals surface area contributed by atoms with Crippen LogP contribution >= 0.6 is 34.5 Å². The lowest BCUT2D eigenvalue weighted by molar-refractivity contribution is 1.21. The third-order valence-electron chi connectivity index (χ3n) is 1.49. The highest BCUT2D eigenvalue weighted by Gasteiger charge is 2.10. The fourth-order valence-electron chi connectivity index (χ4n) is 0.936. The molecule has 0 unspecified atom stereocenters. The van der Waals surface area contributed by atoms with E-state index in [0.717, 1.165) is 4.88 Å². The van der Waals surface area contributed by atoms with E-state index in [1.807, 2.05) is 11.4 Å². The van der Waals surface area contributed by atoms with E-state index in [2.05, 4.69) is 9.97 Å². The van der Waals surface area contributed by atoms with Crippen LogP contribution in [0.15, 0.2) is 23.8 Å². The summed E-state index contributed by atoms with van der Waals surface area (Å²) in [6.07, 6.45) is 3.14. The normalized spacial score (nSPS) is 10.3. The summed E-state index contributed by atoms with van der Waals surface area (Å²) in [5.74, 6) is 0. The Bertz CT molecular complexity index is 428. The second kappa shape index (κ2) is 3.62. The van der Waals surface area contributed by atoms with E-state index < -0.39 is 0 Å². The van der Waals surface area contributed by atoms with Gasteiger partial charge in [0.25, 0.3) is 0 Å². The van der Waals surface area contributed by atoms with Crippen molar-refractivity contribution in [3.63, 3.8) is 0 Å². The Morgan fingerprint density at radius 3 is 2.54 bits per heavy atom. The van der Waals surface area contributed by atoms with Crippen molar-refractivity contribution in [1.29, 1.82) is 0 Å². The van der Waals surface area contributed by atoms with Gasteiger partial charge in [-0.05, 0) is 11.4 Å². The quantitative estimate of drug-likeness (QED) is 0.750. The zero-order valence-electron chi connectivity index (χ0n) is 6.37. The topological polar surface area (TPSA) is 25.8 Å². The van der Waals surface area contributed by atoms with Gasteiger partial charge in [0.1, 0.15) is 5.69 Å². The molecule has 0 aliphatic carbocycles. The molecule has 0 atom stereocenters. The summed E-state index contributed by atoms with van der Waals surface area (Å²) in [5, 5.41) is 2.93. The van der Waals surface area contributed by atoms with E-state index in [0.29, 0.717) is 15.9 Å². The summed E-state index contributed by atoms with van der Waals surface area (Å²) < 4.78 is 0. The standard InChI is InChI=1S/C8H4Cl2N2S/c9-5-1-4-13-7(5)6-8(10)12-3-2-11-6/h1-4H. The Balaban J connectivity index is 2.59. The Kier molecular flexibility index (Phi) is 2.49. The number of rotatable bonds is 1. The molecule has 0 aromatic carbocycles. The lowest BCUT2D eigenvalue weighted by Gasteiger charge is -1.98. The molecule has 2 nitrogen and oxygen atoms in total. The Hall–Kier alpha value is -0.640. The Morgan fingerprint density at radius 1 is 1.15 bits per heavy atom. The van der Waals surface area contributed by atoms with Crippen molar-refractivity contribution in [3.05, 3.63) is 34.0 Å². The van der Waals surface area contributed by atoms with Crippen LogP contribution in [0.2, 0.25) is 10.2 Å². The zero-order valence-corrected chi connectivity index (χ0v) is 8.70. The van der Waals surface area contributed by atoms with Crippen molar-refractivity contribution in [1.82, 2.24) is 9.97 Å². The third-order valence-corrected chi connectivity index (χ3v) is 3.11. The Morgan fingerprint density at radius 2 is 1.92 bits per heavy atom. The van der Waals surface area contributed by atoms with Crippen LogP contribution in [0.5, 0.6) is 0 Å². The SMILES string of the molecule is Clc1ccsc1-c1nccnc1Cl. The molecule has 0 aliphatic heterocycles. The van der Waals surface area contributed by atoms with Gasteiger partial charge in [-0.2, -0.15) is 0 Å². The maximum atomic E-state index is 5.93. The van der Waals surface area contributed by atoms with Gasteiger partial charge in [-0.1, -0.05) is 23.2 Å². The molecule has 2 aromatic rings. The molecular formula is C8H4Cl2N2S. The number of hydrogen-bond acceptors (Lipinski definition) is 3. The highest BCUT2D eigenvalue weighted by molar-refractivity contribution is 7.14. The van der Waals surface area contributed by atoms with Crippen molar-refractivity contribution in [2.24, 2.45) is 0 Å². The van der Waals surface area contributed by atoms with Crippen LogP contribution in [-0.4, -0.2) is 9.97 Å². The number of thiophene rings is 1. The van der Waals surface area contributed by atoms with Crippen LogP contribution in [0.3, 0.4) is 0 Å². The molecule has 2 heterocycles. The molecular weight excluding hydrogens is 227 g/mol. The second-order valence-electron chi connectivity index (χ2n) is 2.29. The maximum absolute atomic E-state index is 5.93. The van der Waals surface area contributed by atoms with E-state index >= 15 is 0 Å². The average molecular weight is 231 g/mol. The van der Waals surface area contributed by atoms with Crippen LogP contribution in [-0.2, 0) is 0 Å². The van der Waals surface area contributed by atoms with Crippen LogP contribution in [0.4, 0.5) is 0 Å². The number of hydrogen-bond donors (Lipinski definition) is 0. The molecule has 66 valence electrons. The van der Waals surface area contributed by atoms with E-state index in [9.17, 15) is 0 Å². The van der Waals surface area contributed by atoms with Gasteiger partial charge in [-0.3, -0.25) is 4.98 Å². The van der Waals surface area contributed by atoms with E-state index in [-0.39, 0.29) is 0 Å². The van der Waals surface area contributed by atoms with Gasteiger partial charge in [-0.15, -0.1) is 11.3 Å². The molecule has 0 amide bonds. The first-order valence-electron chi connectivity index (χ1n) is 3.49. The molecule has 0 radical (unpaired) electrons. The predicted molar refractivity (Wildman–Crippen MR) is 55.4 cm³/mol. The molecule has 0 N–H and O–H groups in total. The van der Waals surface area contributed by atoms with Crippen molar-refractivity contribution in [3.8, 4) is 10.6 Å². The number of nitrogens with zero attached hydrogens (tertiary/aromatic N) is 2. The molecule has 0 saturated carbocycles. The molecule has 0 spiro atoms. The molecule has 0 bridgehead atoms. The molecule has 2 aromatic heterocycles. The number of halogens is 2. The fourth-order valence-corrected chi connectivity index (χ4v) is 2.33. The minimum absolute atomic E-state index is 0.381. The van der Waals surface area contributed by atoms with Crippen molar-refractivity contribution in [2.75, 3.05) is 0 Å². The third kappa shape index (κ3) is 1.68.